The normalized spacial score (nSPS) is 19.9. The van der Waals surface area contributed by atoms with Crippen molar-refractivity contribution in [1.29, 1.82) is 0 Å². The zero-order valence-electron chi connectivity index (χ0n) is 16.2. The van der Waals surface area contributed by atoms with E-state index in [9.17, 15) is 19.1 Å². The lowest BCUT2D eigenvalue weighted by molar-refractivity contribution is 0.0295. The number of carbonyl (C=O) groups excluding carboxylic acids is 1. The van der Waals surface area contributed by atoms with E-state index in [0.29, 0.717) is 23.4 Å². The van der Waals surface area contributed by atoms with Gasteiger partial charge in [-0.15, -0.1) is 5.10 Å². The molecule has 3 heterocycles. The van der Waals surface area contributed by atoms with Gasteiger partial charge in [-0.3, -0.25) is 9.59 Å². The van der Waals surface area contributed by atoms with Gasteiger partial charge in [0.25, 0.3) is 11.5 Å². The second-order valence-electron chi connectivity index (χ2n) is 7.66. The summed E-state index contributed by atoms with van der Waals surface area (Å²) in [7, 11) is 0. The van der Waals surface area contributed by atoms with Crippen molar-refractivity contribution in [3.05, 3.63) is 63.7 Å². The minimum absolute atomic E-state index is 0.137. The predicted octanol–water partition coefficient (Wildman–Crippen LogP) is 2.18. The number of hydrogen-bond donors (Lipinski definition) is 1. The van der Waals surface area contributed by atoms with E-state index in [1.807, 2.05) is 0 Å². The van der Waals surface area contributed by atoms with Crippen LogP contribution in [0.5, 0.6) is 5.75 Å². The smallest absolute Gasteiger partial charge is 0.278 e. The van der Waals surface area contributed by atoms with Crippen LogP contribution in [0.4, 0.5) is 4.39 Å². The summed E-state index contributed by atoms with van der Waals surface area (Å²) in [5.74, 6) is -0.266. The van der Waals surface area contributed by atoms with E-state index in [1.54, 1.807) is 17.9 Å². The van der Waals surface area contributed by atoms with Crippen LogP contribution in [0.1, 0.15) is 47.8 Å². The molecule has 3 unspecified atom stereocenters. The third kappa shape index (κ3) is 2.85. The Kier molecular flexibility index (Phi) is 4.28. The van der Waals surface area contributed by atoms with Crippen LogP contribution in [0.2, 0.25) is 0 Å². The van der Waals surface area contributed by atoms with Crippen LogP contribution in [0.25, 0.3) is 10.9 Å². The van der Waals surface area contributed by atoms with Crippen LogP contribution in [0.15, 0.2) is 41.2 Å². The molecule has 154 valence electrons. The van der Waals surface area contributed by atoms with Gasteiger partial charge in [0.2, 0.25) is 0 Å². The summed E-state index contributed by atoms with van der Waals surface area (Å²) in [4.78, 5) is 27.5. The first-order valence-electron chi connectivity index (χ1n) is 9.78. The fourth-order valence-corrected chi connectivity index (χ4v) is 4.11. The minimum atomic E-state index is -1.16. The Morgan fingerprint density at radius 2 is 2.10 bits per heavy atom. The monoisotopic (exact) mass is 410 g/mol. The number of rotatable bonds is 3. The van der Waals surface area contributed by atoms with E-state index in [-0.39, 0.29) is 23.0 Å². The summed E-state index contributed by atoms with van der Waals surface area (Å²) in [6, 6.07) is 7.80. The number of hydrogen-bond acceptors (Lipinski definition) is 6. The molecule has 1 amide bonds. The molecule has 1 aromatic heterocycles. The molecule has 1 fully saturated rings. The van der Waals surface area contributed by atoms with Crippen LogP contribution in [-0.2, 0) is 0 Å². The van der Waals surface area contributed by atoms with Gasteiger partial charge in [0.05, 0.1) is 17.0 Å². The van der Waals surface area contributed by atoms with E-state index in [2.05, 4.69) is 10.3 Å². The van der Waals surface area contributed by atoms with Gasteiger partial charge in [-0.05, 0) is 43.2 Å². The van der Waals surface area contributed by atoms with Crippen molar-refractivity contribution in [3.8, 4) is 5.75 Å². The zero-order chi connectivity index (χ0) is 21.0. The van der Waals surface area contributed by atoms with Gasteiger partial charge >= 0.3 is 0 Å². The topological polar surface area (TPSA) is 97.5 Å². The van der Waals surface area contributed by atoms with Crippen molar-refractivity contribution in [1.82, 2.24) is 19.9 Å². The molecule has 3 aromatic rings. The second kappa shape index (κ2) is 6.88. The molecule has 2 aromatic carbocycles. The average molecular weight is 410 g/mol. The van der Waals surface area contributed by atoms with Crippen molar-refractivity contribution >= 4 is 16.8 Å². The first-order valence-corrected chi connectivity index (χ1v) is 9.78. The van der Waals surface area contributed by atoms with Gasteiger partial charge < -0.3 is 14.7 Å². The number of aromatic nitrogens is 3. The highest BCUT2D eigenvalue weighted by Crippen LogP contribution is 2.34. The number of ether oxygens (including phenoxy) is 1. The molecule has 1 N–H and O–H groups in total. The average Bonchev–Trinajstić information content (AvgIpc) is 3.21. The molecule has 0 saturated carbocycles. The molecule has 0 spiro atoms. The Hall–Kier alpha value is -3.33. The fourth-order valence-electron chi connectivity index (χ4n) is 4.11. The van der Waals surface area contributed by atoms with Crippen LogP contribution in [0, 0.1) is 5.82 Å². The number of halogens is 1. The number of fused-ring (bicyclic) bond motifs is 3. The molecule has 5 rings (SSSR count). The maximum Gasteiger partial charge on any atom is 0.278 e. The predicted molar refractivity (Wildman–Crippen MR) is 105 cm³/mol. The lowest BCUT2D eigenvalue weighted by atomic mass is 10.0. The van der Waals surface area contributed by atoms with Gasteiger partial charge in [0.15, 0.2) is 6.23 Å². The molecule has 0 radical (unpaired) electrons. The zero-order valence-corrected chi connectivity index (χ0v) is 16.2. The second-order valence-corrected chi connectivity index (χ2v) is 7.66. The minimum Gasteiger partial charge on any atom is -0.470 e. The quantitative estimate of drug-likeness (QED) is 0.711. The van der Waals surface area contributed by atoms with Crippen LogP contribution in [-0.4, -0.2) is 43.7 Å². The summed E-state index contributed by atoms with van der Waals surface area (Å²) >= 11 is 0. The summed E-state index contributed by atoms with van der Waals surface area (Å²) in [6.45, 7) is 2.25. The number of carbonyl (C=O) groups is 1. The number of aliphatic hydroxyl groups excluding tert-OH is 1. The Bertz CT molecular complexity index is 1230. The Balaban J connectivity index is 1.56. The summed E-state index contributed by atoms with van der Waals surface area (Å²) in [5.41, 5.74) is 0.490. The molecule has 3 atom stereocenters. The maximum absolute atomic E-state index is 13.5. The van der Waals surface area contributed by atoms with Gasteiger partial charge in [-0.2, -0.15) is 0 Å². The van der Waals surface area contributed by atoms with Crippen LogP contribution >= 0.6 is 0 Å². The van der Waals surface area contributed by atoms with Crippen molar-refractivity contribution in [3.63, 3.8) is 0 Å². The number of amides is 1. The Morgan fingerprint density at radius 3 is 2.90 bits per heavy atom. The first kappa shape index (κ1) is 18.7. The highest BCUT2D eigenvalue weighted by Gasteiger charge is 2.37. The first-order chi connectivity index (χ1) is 14.4. The van der Waals surface area contributed by atoms with Crippen LogP contribution < -0.4 is 10.3 Å². The molecular formula is C21H19FN4O4. The molecule has 9 heteroatoms. The number of benzene rings is 2. The van der Waals surface area contributed by atoms with Crippen LogP contribution in [0.3, 0.4) is 0 Å². The summed E-state index contributed by atoms with van der Waals surface area (Å²) in [6.07, 6.45) is 0.145. The van der Waals surface area contributed by atoms with Gasteiger partial charge in [-0.25, -0.2) is 9.07 Å². The molecule has 1 saturated heterocycles. The highest BCUT2D eigenvalue weighted by molar-refractivity contribution is 6.01. The summed E-state index contributed by atoms with van der Waals surface area (Å²) in [5, 5.41) is 18.9. The summed E-state index contributed by atoms with van der Waals surface area (Å²) < 4.78 is 20.5. The van der Waals surface area contributed by atoms with Crippen molar-refractivity contribution in [2.24, 2.45) is 0 Å². The Labute approximate surface area is 170 Å². The van der Waals surface area contributed by atoms with Crippen molar-refractivity contribution in [2.45, 2.75) is 38.1 Å². The van der Waals surface area contributed by atoms with E-state index in [4.69, 9.17) is 4.74 Å². The largest absolute Gasteiger partial charge is 0.470 e. The molecule has 2 aliphatic rings. The van der Waals surface area contributed by atoms with Gasteiger partial charge in [0, 0.05) is 13.0 Å². The van der Waals surface area contributed by atoms with Gasteiger partial charge in [-0.1, -0.05) is 17.3 Å². The maximum atomic E-state index is 13.5. The molecule has 2 aliphatic heterocycles. The molecule has 0 bridgehead atoms. The van der Waals surface area contributed by atoms with Gasteiger partial charge in [0.1, 0.15) is 23.2 Å². The number of nitrogens with zero attached hydrogens (tertiary/aromatic N) is 4. The lowest BCUT2D eigenvalue weighted by Gasteiger charge is -2.31. The molecular weight excluding hydrogens is 391 g/mol. The number of aliphatic hydroxyl groups is 1. The fraction of sp³-hybridized carbons (Fsp3) is 0.333. The molecule has 8 nitrogen and oxygen atoms in total. The van der Waals surface area contributed by atoms with E-state index in [1.165, 1.54) is 30.3 Å². The SMILES string of the molecule is CC(C(O)c1cccc(F)c1)n1nnc2cc3c(cc2c1=O)OC1CCCN1C3=O. The van der Waals surface area contributed by atoms with E-state index >= 15 is 0 Å². The van der Waals surface area contributed by atoms with Crippen molar-refractivity contribution in [2.75, 3.05) is 6.54 Å². The third-order valence-corrected chi connectivity index (χ3v) is 5.77. The molecule has 30 heavy (non-hydrogen) atoms. The third-order valence-electron chi connectivity index (χ3n) is 5.77. The van der Waals surface area contributed by atoms with E-state index in [0.717, 1.165) is 17.5 Å². The molecule has 0 aliphatic carbocycles. The highest BCUT2D eigenvalue weighted by atomic mass is 19.1. The van der Waals surface area contributed by atoms with E-state index < -0.39 is 23.5 Å². The Morgan fingerprint density at radius 1 is 1.27 bits per heavy atom. The standard InChI is InChI=1S/C21H19FN4O4/c1-11(19(27)12-4-2-5-13(22)8-12)26-21(29)14-10-17-15(9-16(14)23-24-26)20(28)25-7-3-6-18(25)30-17/h2,4-5,8-11,18-19,27H,3,6-7H2,1H3. The van der Waals surface area contributed by atoms with Crippen molar-refractivity contribution < 1.29 is 19.0 Å². The lowest BCUT2D eigenvalue weighted by Crippen LogP contribution is -2.43.